The van der Waals surface area contributed by atoms with Crippen LogP contribution in [0.1, 0.15) is 0 Å². The molecule has 0 saturated heterocycles. The molecule has 0 aromatic heterocycles. The number of nitrogens with zero attached hydrogens (tertiary/aromatic N) is 1. The molecule has 0 amide bonds. The van der Waals surface area contributed by atoms with Gasteiger partial charge in [-0.3, -0.25) is 0 Å². The molecular weight excluding hydrogens is 161 g/mol. The predicted octanol–water partition coefficient (Wildman–Crippen LogP) is 0.383. The predicted molar refractivity (Wildman–Crippen MR) is 31.8 cm³/mol. The van der Waals surface area contributed by atoms with Crippen molar-refractivity contribution < 1.29 is 18.3 Å². The molecule has 0 spiro atoms. The number of halogens is 3. The number of hydrogen-bond acceptors (Lipinski definition) is 3. The molecule has 1 aliphatic rings. The fourth-order valence-electron chi connectivity index (χ4n) is 0.551. The van der Waals surface area contributed by atoms with Crippen LogP contribution in [0, 0.1) is 0 Å². The van der Waals surface area contributed by atoms with Gasteiger partial charge in [0.2, 0.25) is 0 Å². The quantitative estimate of drug-likeness (QED) is 0.546. The summed E-state index contributed by atoms with van der Waals surface area (Å²) >= 11 is 0. The third-order valence-corrected chi connectivity index (χ3v) is 1.12. The molecule has 0 aliphatic carbocycles. The van der Waals surface area contributed by atoms with Crippen LogP contribution in [0.4, 0.5) is 13.2 Å². The zero-order valence-corrected chi connectivity index (χ0v) is 5.26. The first-order valence-corrected chi connectivity index (χ1v) is 2.73. The molecule has 0 aromatic rings. The van der Waals surface area contributed by atoms with Crippen molar-refractivity contribution >= 4 is 6.21 Å². The highest BCUT2D eigenvalue weighted by atomic mass is 19.4. The van der Waals surface area contributed by atoms with E-state index < -0.39 is 12.0 Å². The fraction of sp³-hybridized carbons (Fsp3) is 0.400. The lowest BCUT2D eigenvalue weighted by atomic mass is 10.3. The third kappa shape index (κ3) is 1.35. The monoisotopic (exact) mass is 166 g/mol. The van der Waals surface area contributed by atoms with Crippen molar-refractivity contribution in [3.63, 3.8) is 0 Å². The van der Waals surface area contributed by atoms with E-state index in [4.69, 9.17) is 5.11 Å². The van der Waals surface area contributed by atoms with Gasteiger partial charge >= 0.3 is 12.0 Å². The van der Waals surface area contributed by atoms with E-state index in [0.717, 1.165) is 12.4 Å². The number of alkyl halides is 3. The molecule has 2 N–H and O–H groups in total. The molecule has 0 fully saturated rings. The summed E-state index contributed by atoms with van der Waals surface area (Å²) in [5.41, 5.74) is 0. The van der Waals surface area contributed by atoms with Crippen LogP contribution >= 0.6 is 0 Å². The van der Waals surface area contributed by atoms with E-state index in [9.17, 15) is 13.2 Å². The normalized spacial score (nSPS) is 30.2. The molecule has 0 bridgehead atoms. The smallest absolute Gasteiger partial charge is 0.346 e. The SMILES string of the molecule is OC1(C(F)(F)F)N=CC=CN1. The Balaban J connectivity index is 2.84. The molecular formula is C5H5F3N2O. The summed E-state index contributed by atoms with van der Waals surface area (Å²) in [4.78, 5) is 2.84. The molecule has 1 aliphatic heterocycles. The molecule has 6 heteroatoms. The first-order chi connectivity index (χ1) is 4.96. The van der Waals surface area contributed by atoms with Gasteiger partial charge in [-0.05, 0) is 6.08 Å². The van der Waals surface area contributed by atoms with Gasteiger partial charge in [-0.25, -0.2) is 4.99 Å². The van der Waals surface area contributed by atoms with Gasteiger partial charge in [0.05, 0.1) is 0 Å². The number of aliphatic hydroxyl groups is 1. The Morgan fingerprint density at radius 3 is 2.36 bits per heavy atom. The average molecular weight is 166 g/mol. The van der Waals surface area contributed by atoms with E-state index in [0.29, 0.717) is 0 Å². The maximum absolute atomic E-state index is 11.9. The van der Waals surface area contributed by atoms with Gasteiger partial charge in [0, 0.05) is 12.4 Å². The minimum atomic E-state index is -4.80. The Morgan fingerprint density at radius 1 is 1.45 bits per heavy atom. The number of rotatable bonds is 0. The van der Waals surface area contributed by atoms with E-state index >= 15 is 0 Å². The van der Waals surface area contributed by atoms with Crippen molar-refractivity contribution in [2.75, 3.05) is 0 Å². The van der Waals surface area contributed by atoms with E-state index in [1.807, 2.05) is 0 Å². The molecule has 1 heterocycles. The van der Waals surface area contributed by atoms with E-state index in [1.54, 1.807) is 5.32 Å². The second-order valence-electron chi connectivity index (χ2n) is 1.95. The van der Waals surface area contributed by atoms with Crippen LogP contribution in [0.25, 0.3) is 0 Å². The number of aliphatic imine (C=N–C) groups is 1. The third-order valence-electron chi connectivity index (χ3n) is 1.12. The summed E-state index contributed by atoms with van der Waals surface area (Å²) in [6.45, 7) is 0. The fourth-order valence-corrected chi connectivity index (χ4v) is 0.551. The number of hydrogen-bond donors (Lipinski definition) is 2. The largest absolute Gasteiger partial charge is 0.460 e. The van der Waals surface area contributed by atoms with Gasteiger partial charge in [-0.2, -0.15) is 13.2 Å². The highest BCUT2D eigenvalue weighted by Crippen LogP contribution is 2.29. The topological polar surface area (TPSA) is 44.6 Å². The standard InChI is InChI=1S/C5H5F3N2O/c6-4(7,8)5(11)9-2-1-3-10-5/h1-3,9,11H. The van der Waals surface area contributed by atoms with Crippen LogP contribution in [-0.4, -0.2) is 23.3 Å². The molecule has 0 saturated carbocycles. The summed E-state index contributed by atoms with van der Waals surface area (Å²) in [6.07, 6.45) is -1.70. The lowest BCUT2D eigenvalue weighted by molar-refractivity contribution is -0.265. The van der Waals surface area contributed by atoms with Crippen molar-refractivity contribution in [3.8, 4) is 0 Å². The van der Waals surface area contributed by atoms with Crippen molar-refractivity contribution in [2.45, 2.75) is 12.0 Å². The van der Waals surface area contributed by atoms with Crippen molar-refractivity contribution in [3.05, 3.63) is 12.3 Å². The Kier molecular flexibility index (Phi) is 1.63. The maximum Gasteiger partial charge on any atom is 0.460 e. The first kappa shape index (κ1) is 8.06. The second-order valence-corrected chi connectivity index (χ2v) is 1.95. The van der Waals surface area contributed by atoms with Crippen LogP contribution in [0.3, 0.4) is 0 Å². The molecule has 0 radical (unpaired) electrons. The van der Waals surface area contributed by atoms with Gasteiger partial charge in [-0.15, -0.1) is 0 Å². The summed E-state index contributed by atoms with van der Waals surface area (Å²) < 4.78 is 35.6. The van der Waals surface area contributed by atoms with Crippen LogP contribution in [0.15, 0.2) is 17.3 Å². The molecule has 1 unspecified atom stereocenters. The number of allylic oxidation sites excluding steroid dienone is 1. The number of nitrogens with one attached hydrogen (secondary N) is 1. The first-order valence-electron chi connectivity index (χ1n) is 2.73. The highest BCUT2D eigenvalue weighted by Gasteiger charge is 2.54. The lowest BCUT2D eigenvalue weighted by Crippen LogP contribution is -2.54. The van der Waals surface area contributed by atoms with Crippen LogP contribution in [-0.2, 0) is 0 Å². The molecule has 11 heavy (non-hydrogen) atoms. The molecule has 3 nitrogen and oxygen atoms in total. The van der Waals surface area contributed by atoms with Crippen molar-refractivity contribution in [1.29, 1.82) is 0 Å². The van der Waals surface area contributed by atoms with Crippen LogP contribution in [0.2, 0.25) is 0 Å². The molecule has 0 aromatic carbocycles. The van der Waals surface area contributed by atoms with Crippen molar-refractivity contribution in [1.82, 2.24) is 5.32 Å². The Morgan fingerprint density at radius 2 is 2.09 bits per heavy atom. The van der Waals surface area contributed by atoms with Gasteiger partial charge in [0.1, 0.15) is 0 Å². The Hall–Kier alpha value is -1.04. The van der Waals surface area contributed by atoms with E-state index in [2.05, 4.69) is 4.99 Å². The Bertz CT molecular complexity index is 210. The minimum absolute atomic E-state index is 0.879. The molecule has 1 rings (SSSR count). The van der Waals surface area contributed by atoms with E-state index in [1.165, 1.54) is 6.08 Å². The van der Waals surface area contributed by atoms with Gasteiger partial charge in [0.25, 0.3) is 0 Å². The summed E-state index contributed by atoms with van der Waals surface area (Å²) in [6, 6.07) is 0. The van der Waals surface area contributed by atoms with Crippen LogP contribution < -0.4 is 5.32 Å². The average Bonchev–Trinajstić information content (AvgIpc) is 1.87. The zero-order valence-electron chi connectivity index (χ0n) is 5.26. The molecule has 1 atom stereocenters. The minimum Gasteiger partial charge on any atom is -0.346 e. The second kappa shape index (κ2) is 2.23. The van der Waals surface area contributed by atoms with Crippen LogP contribution in [0.5, 0.6) is 0 Å². The molecule has 62 valence electrons. The summed E-state index contributed by atoms with van der Waals surface area (Å²) in [5.74, 6) is -3.15. The Labute approximate surface area is 60.2 Å². The van der Waals surface area contributed by atoms with Gasteiger partial charge in [-0.1, -0.05) is 0 Å². The summed E-state index contributed by atoms with van der Waals surface area (Å²) in [5, 5.41) is 10.4. The summed E-state index contributed by atoms with van der Waals surface area (Å²) in [7, 11) is 0. The van der Waals surface area contributed by atoms with Crippen molar-refractivity contribution in [2.24, 2.45) is 4.99 Å². The van der Waals surface area contributed by atoms with E-state index in [-0.39, 0.29) is 0 Å². The zero-order chi connectivity index (χ0) is 8.54. The maximum atomic E-state index is 11.9. The van der Waals surface area contributed by atoms with Gasteiger partial charge < -0.3 is 10.4 Å². The lowest BCUT2D eigenvalue weighted by Gasteiger charge is -2.27. The van der Waals surface area contributed by atoms with Gasteiger partial charge in [0.15, 0.2) is 0 Å². The highest BCUT2D eigenvalue weighted by molar-refractivity contribution is 5.72.